The van der Waals surface area contributed by atoms with Gasteiger partial charge in [0.2, 0.25) is 11.7 Å². The molecule has 5 N–H and O–H groups in total. The number of nitrogens with zero attached hydrogens (tertiary/aromatic N) is 14. The number of aromatic amines is 1. The van der Waals surface area contributed by atoms with Crippen LogP contribution >= 0.6 is 84.4 Å². The van der Waals surface area contributed by atoms with E-state index in [1.807, 2.05) is 12.1 Å². The molecule has 17 aromatic rings. The second kappa shape index (κ2) is 53.4. The van der Waals surface area contributed by atoms with Gasteiger partial charge < -0.3 is 39.9 Å². The van der Waals surface area contributed by atoms with Crippen molar-refractivity contribution in [3.8, 4) is 63.3 Å². The molecule has 1 aliphatic rings. The number of para-hydroxylation sites is 1. The first kappa shape index (κ1) is 109. The third-order valence-corrected chi connectivity index (χ3v) is 19.6. The van der Waals surface area contributed by atoms with Crippen molar-refractivity contribution in [2.45, 2.75) is 87.4 Å². The Morgan fingerprint density at radius 1 is 0.508 bits per heavy atom. The van der Waals surface area contributed by atoms with Gasteiger partial charge >= 0.3 is 47.8 Å². The van der Waals surface area contributed by atoms with E-state index in [-0.39, 0.29) is 136 Å². The van der Waals surface area contributed by atoms with Gasteiger partial charge in [-0.15, -0.1) is 19.0 Å². The summed E-state index contributed by atoms with van der Waals surface area (Å²) in [5, 5.41) is 36.6. The maximum Gasteiger partial charge on any atom is 1.00 e. The molecule has 1 aliphatic heterocycles. The minimum atomic E-state index is -3.22. The van der Waals surface area contributed by atoms with Gasteiger partial charge in [-0.1, -0.05) is 207 Å². The van der Waals surface area contributed by atoms with Crippen molar-refractivity contribution in [2.24, 2.45) is 5.73 Å². The van der Waals surface area contributed by atoms with Crippen LogP contribution in [-0.2, 0) is 28.2 Å². The number of amidine groups is 1. The van der Waals surface area contributed by atoms with Crippen LogP contribution in [0.15, 0.2) is 291 Å². The Balaban J connectivity index is 0.000000250. The van der Waals surface area contributed by atoms with E-state index in [9.17, 15) is 18.9 Å². The second-order valence-corrected chi connectivity index (χ2v) is 35.9. The SMILES string of the molecule is C.CC1(C)OB(c2cc3ccccc3c3ccccc23)OC1(C)C.CCN(CC)c1ccccc1.CCOC(=O)CC(C)=O.CC[O-].Cl.Clc1cc(Cl)nc(-c2ncccn2)n1.N=C(N)c1ncccn1.O=P(Cl)(Cl)Cl.O=c1cc(O)nc(-c2ncccn2)[nH]1.P.[Na+].c1cnc(-c2nc(-c3cc4ccccc4c4ccccc34)cc(-c3cc4ccccc4c4ccccc34)n2)nc1. The van der Waals surface area contributed by atoms with Crippen molar-refractivity contribution in [3.05, 3.63) is 313 Å². The second-order valence-electron chi connectivity index (χ2n) is 28.5. The minimum Gasteiger partial charge on any atom is -0.855 e. The number of esters is 1. The first-order chi connectivity index (χ1) is 61.5. The van der Waals surface area contributed by atoms with E-state index in [1.165, 1.54) is 84.9 Å². The summed E-state index contributed by atoms with van der Waals surface area (Å²) in [6, 6.07) is 79.6. The summed E-state index contributed by atoms with van der Waals surface area (Å²) in [5.41, 5.74) is 10.2. The van der Waals surface area contributed by atoms with Gasteiger partial charge in [0.25, 0.3) is 5.56 Å². The molecule has 1 fully saturated rings. The van der Waals surface area contributed by atoms with Crippen LogP contribution in [0.4, 0.5) is 5.69 Å². The van der Waals surface area contributed by atoms with Crippen LogP contribution in [0.25, 0.3) is 122 Å². The molecular weight excluding hydrogens is 1840 g/mol. The molecule has 18 rings (SSSR count). The molecule has 0 aliphatic carbocycles. The van der Waals surface area contributed by atoms with Crippen LogP contribution < -0.4 is 56.3 Å². The number of halogens is 6. The van der Waals surface area contributed by atoms with Crippen LogP contribution in [0.5, 0.6) is 5.88 Å². The summed E-state index contributed by atoms with van der Waals surface area (Å²) in [6.07, 6.45) is 12.7. The number of nitrogen functional groups attached to an aromatic ring is 1. The van der Waals surface area contributed by atoms with Gasteiger partial charge in [-0.25, -0.2) is 59.8 Å². The Morgan fingerprint density at radius 2 is 0.856 bits per heavy atom. The smallest absolute Gasteiger partial charge is 0.855 e. The number of rotatable bonds is 13. The number of ketones is 1. The number of nitrogens with one attached hydrogen (secondary N) is 2. The average molecular weight is 1940 g/mol. The van der Waals surface area contributed by atoms with E-state index in [0.717, 1.165) is 57.9 Å². The fourth-order valence-electron chi connectivity index (χ4n) is 13.0. The van der Waals surface area contributed by atoms with Crippen LogP contribution in [0, 0.1) is 5.41 Å². The van der Waals surface area contributed by atoms with E-state index >= 15 is 0 Å². The van der Waals surface area contributed by atoms with Crippen LogP contribution in [0.2, 0.25) is 10.3 Å². The normalized spacial score (nSPS) is 11.6. The average Bonchev–Trinajstić information content (AvgIpc) is 1.76. The summed E-state index contributed by atoms with van der Waals surface area (Å²) in [7, 11) is -0.338. The first-order valence-electron chi connectivity index (χ1n) is 40.1. The number of ether oxygens (including phenoxy) is 1. The number of hydrogen-bond donors (Lipinski definition) is 4. The third-order valence-electron chi connectivity index (χ3n) is 19.2. The monoisotopic (exact) mass is 1940 g/mol. The summed E-state index contributed by atoms with van der Waals surface area (Å²) in [4.78, 5) is 90.2. The number of Topliss-reactive ketones (excluding diaryl/α,β-unsaturated/α-hetero) is 1. The molecule has 1 saturated heterocycles. The van der Waals surface area contributed by atoms with Crippen molar-refractivity contribution in [1.82, 2.24) is 69.8 Å². The largest absolute Gasteiger partial charge is 1.00 e. The fourth-order valence-corrected chi connectivity index (χ4v) is 13.4. The maximum atomic E-state index is 11.0. The van der Waals surface area contributed by atoms with Gasteiger partial charge in [-0.05, 0) is 214 Å². The van der Waals surface area contributed by atoms with E-state index < -0.39 is 16.7 Å². The van der Waals surface area contributed by atoms with Crippen LogP contribution in [-0.4, -0.2) is 137 Å². The molecule has 8 heterocycles. The zero-order chi connectivity index (χ0) is 91.9. The Labute approximate surface area is 821 Å². The Hall–Kier alpha value is -11.3. The Kier molecular flexibility index (Phi) is 44.3. The van der Waals surface area contributed by atoms with E-state index in [4.69, 9.17) is 63.8 Å². The number of carbonyl (C=O) groups excluding carboxylic acids is 2. The molecule has 7 aromatic heterocycles. The number of anilines is 1. The van der Waals surface area contributed by atoms with E-state index in [2.05, 4.69) is 339 Å². The standard InChI is InChI=1S/C36H22N4.C20H21BO2.C10H15N.C8H4Cl2N4.C8H6N4O2.C6H10O3.C5H6N4.C2H5O.CH4.Cl3OP.ClH.Na.H3P/c1-3-12-25-23(10-1)20-31(29-16-7-5-14-27(25)29)33-22-34(40-36(39-33)35-37-18-9-19-38-35)32-21-24-11-2-4-13-26(24)28-15-6-8-17-30(28)32;1-19(2)20(3,4)23-21(22-19)18-13-14-9-5-6-10-15(14)16-11-7-8-12-17(16)18;1-3-11(4-2)10-8-6-5-7-9-10;9-5-4-6(10)14-8(13-5)7-11-2-1-3-12-7;13-5-4-6(14)12-8(11-5)7-9-2-1-3-10-7;1-3-9-6(8)4-5(2)7;6-4(7)5-8-2-1-3-9-5;1-2-3;;1-5(2,3)4;;;/h1-22H;5-13H,1-4H3;5-9H,3-4H2,1-2H3;1-4H;1-4H,(H2,11,12,13,14);3-4H2,1-2H3;1-3H,(H3,6,7);2H2,1H3;1H4;;1H;;1H3/q;;;;;;;-1;;;;+1;. The van der Waals surface area contributed by atoms with E-state index in [0.29, 0.717) is 29.9 Å². The number of H-pyrrole nitrogens is 1. The number of nitrogens with two attached hydrogens (primary N) is 1. The number of aromatic hydroxyl groups is 1. The molecule has 1 atom stereocenters. The number of carbonyl (C=O) groups is 2. The Morgan fingerprint density at radius 3 is 1.23 bits per heavy atom. The summed E-state index contributed by atoms with van der Waals surface area (Å²) >= 11 is 25.3. The predicted molar refractivity (Wildman–Crippen MR) is 538 cm³/mol. The van der Waals surface area contributed by atoms with Crippen molar-refractivity contribution in [2.75, 3.05) is 31.2 Å². The quantitative estimate of drug-likeness (QED) is 0.0122. The third kappa shape index (κ3) is 31.4. The van der Waals surface area contributed by atoms with Gasteiger partial charge in [0, 0.05) is 85.5 Å². The van der Waals surface area contributed by atoms with Crippen LogP contribution in [0.1, 0.15) is 82.0 Å². The van der Waals surface area contributed by atoms with E-state index in [1.54, 1.807) is 69.2 Å². The molecule has 26 nitrogen and oxygen atoms in total. The summed E-state index contributed by atoms with van der Waals surface area (Å²) < 4.78 is 26.6. The molecule has 10 aromatic carbocycles. The molecule has 0 spiro atoms. The van der Waals surface area contributed by atoms with Crippen molar-refractivity contribution in [1.29, 1.82) is 5.41 Å². The number of aromatic nitrogens is 14. The molecule has 676 valence electrons. The maximum absolute atomic E-state index is 11.0. The van der Waals surface area contributed by atoms with Crippen LogP contribution in [0.3, 0.4) is 0 Å². The van der Waals surface area contributed by atoms with Gasteiger partial charge in [-0.2, -0.15) is 14.9 Å². The van der Waals surface area contributed by atoms with Gasteiger partial charge in [0.15, 0.2) is 40.8 Å². The number of benzene rings is 10. The zero-order valence-electron chi connectivity index (χ0n) is 73.3. The number of fused-ring (bicyclic) bond motifs is 9. The predicted octanol–water partition coefficient (Wildman–Crippen LogP) is 18.5. The molecular formula is C96H97BCl6N17NaO9P2. The van der Waals surface area contributed by atoms with Gasteiger partial charge in [0.1, 0.15) is 22.5 Å². The molecule has 0 radical (unpaired) electrons. The van der Waals surface area contributed by atoms with Crippen molar-refractivity contribution >= 4 is 185 Å². The van der Waals surface area contributed by atoms with Crippen molar-refractivity contribution in [3.63, 3.8) is 0 Å². The molecule has 36 heteroatoms. The first-order valence-corrected chi connectivity index (χ1v) is 45.3. The molecule has 0 amide bonds. The van der Waals surface area contributed by atoms with Gasteiger partial charge in [-0.3, -0.25) is 24.4 Å². The zero-order valence-corrected chi connectivity index (χ0v) is 82.2. The van der Waals surface area contributed by atoms with Crippen molar-refractivity contribution < 1.29 is 68.0 Å². The number of hydrogen-bond acceptors (Lipinski definition) is 24. The topological polar surface area (TPSA) is 376 Å². The summed E-state index contributed by atoms with van der Waals surface area (Å²) in [5.74, 6) is 1.36. The molecule has 132 heavy (non-hydrogen) atoms. The van der Waals surface area contributed by atoms with Gasteiger partial charge in [0.05, 0.1) is 35.3 Å². The Bertz CT molecular complexity index is 6550. The molecule has 0 saturated carbocycles. The summed E-state index contributed by atoms with van der Waals surface area (Å²) in [6.45, 7) is 19.9. The fraction of sp³-hybridized carbons (Fsp3) is 0.177. The molecule has 0 bridgehead atoms. The molecule has 1 unspecified atom stereocenters. The minimum absolute atomic E-state index is 0.